The van der Waals surface area contributed by atoms with E-state index in [0.717, 1.165) is 19.3 Å². The molecule has 0 spiro atoms. The largest absolute Gasteiger partial charge is 0.295 e. The van der Waals surface area contributed by atoms with E-state index in [9.17, 15) is 4.79 Å². The van der Waals surface area contributed by atoms with Crippen LogP contribution in [0.5, 0.6) is 0 Å². The Morgan fingerprint density at radius 3 is 2.12 bits per heavy atom. The van der Waals surface area contributed by atoms with Crippen LogP contribution in [-0.4, -0.2) is 5.78 Å². The third-order valence-electron chi connectivity index (χ3n) is 5.00. The highest BCUT2D eigenvalue weighted by Gasteiger charge is 2.52. The third-order valence-corrected chi connectivity index (χ3v) is 5.00. The first-order valence-electron chi connectivity index (χ1n) is 6.07. The number of rotatable bonds is 0. The zero-order valence-corrected chi connectivity index (χ0v) is 10.6. The maximum Gasteiger partial charge on any atom is 0.159 e. The van der Waals surface area contributed by atoms with Crippen molar-refractivity contribution in [3.8, 4) is 0 Å². The summed E-state index contributed by atoms with van der Waals surface area (Å²) in [5.74, 6) is 0.982. The van der Waals surface area contributed by atoms with Gasteiger partial charge in [-0.15, -0.1) is 0 Å². The topological polar surface area (TPSA) is 17.1 Å². The summed E-state index contributed by atoms with van der Waals surface area (Å²) in [7, 11) is 0. The van der Waals surface area contributed by atoms with Gasteiger partial charge in [0, 0.05) is 12.0 Å². The lowest BCUT2D eigenvalue weighted by Crippen LogP contribution is -2.29. The van der Waals surface area contributed by atoms with Crippen LogP contribution in [0, 0.1) is 16.7 Å². The number of ketones is 1. The molecule has 1 nitrogen and oxygen atoms in total. The molecular formula is C15H26O. The minimum absolute atomic E-state index is 0. The fourth-order valence-electron chi connectivity index (χ4n) is 3.62. The van der Waals surface area contributed by atoms with Gasteiger partial charge in [-0.1, -0.05) is 47.6 Å². The van der Waals surface area contributed by atoms with Gasteiger partial charge in [-0.3, -0.25) is 4.79 Å². The standard InChI is InChI=1S/C14H22O.CH4/c1-9-13(2,3)10-7-6-8-11(15)12(10)14(9,4)5;/h9H,6-8H2,1-5H3;1H4. The first-order valence-corrected chi connectivity index (χ1v) is 6.07. The van der Waals surface area contributed by atoms with Crippen molar-refractivity contribution in [2.75, 3.05) is 0 Å². The molecule has 2 aliphatic rings. The minimum atomic E-state index is 0. The Morgan fingerprint density at radius 2 is 1.62 bits per heavy atom. The maximum atomic E-state index is 12.1. The number of Topliss-reactive ketones (excluding diaryl/α,β-unsaturated/α-hetero) is 1. The third kappa shape index (κ3) is 1.48. The van der Waals surface area contributed by atoms with Crippen LogP contribution in [0.25, 0.3) is 0 Å². The van der Waals surface area contributed by atoms with E-state index in [2.05, 4.69) is 34.6 Å². The van der Waals surface area contributed by atoms with Crippen LogP contribution in [-0.2, 0) is 4.79 Å². The zero-order chi connectivity index (χ0) is 11.4. The minimum Gasteiger partial charge on any atom is -0.295 e. The molecule has 2 rings (SSSR count). The van der Waals surface area contributed by atoms with Gasteiger partial charge < -0.3 is 0 Å². The molecule has 0 radical (unpaired) electrons. The first-order chi connectivity index (χ1) is 6.79. The molecule has 1 atom stereocenters. The van der Waals surface area contributed by atoms with Gasteiger partial charge in [-0.05, 0) is 29.6 Å². The van der Waals surface area contributed by atoms with E-state index in [0.29, 0.717) is 11.7 Å². The molecule has 16 heavy (non-hydrogen) atoms. The normalized spacial score (nSPS) is 31.1. The monoisotopic (exact) mass is 222 g/mol. The number of carbonyl (C=O) groups is 1. The summed E-state index contributed by atoms with van der Waals surface area (Å²) in [6.07, 6.45) is 2.97. The van der Waals surface area contributed by atoms with Crippen LogP contribution < -0.4 is 0 Å². The highest BCUT2D eigenvalue weighted by Crippen LogP contribution is 2.59. The molecule has 0 aliphatic heterocycles. The summed E-state index contributed by atoms with van der Waals surface area (Å²) < 4.78 is 0. The maximum absolute atomic E-state index is 12.1. The average Bonchev–Trinajstić information content (AvgIpc) is 2.27. The van der Waals surface area contributed by atoms with E-state index in [1.807, 2.05) is 0 Å². The fourth-order valence-corrected chi connectivity index (χ4v) is 3.62. The fraction of sp³-hybridized carbons (Fsp3) is 0.800. The molecule has 0 fully saturated rings. The lowest BCUT2D eigenvalue weighted by atomic mass is 9.69. The number of allylic oxidation sites excluding steroid dienone is 2. The first kappa shape index (κ1) is 13.5. The quantitative estimate of drug-likeness (QED) is 0.594. The molecule has 0 heterocycles. The second kappa shape index (κ2) is 3.72. The SMILES string of the molecule is C.CC1C(C)(C)C2=C(C(=O)CCC2)C1(C)C. The number of hydrogen-bond acceptors (Lipinski definition) is 1. The number of hydrogen-bond donors (Lipinski definition) is 0. The Morgan fingerprint density at radius 1 is 1.06 bits per heavy atom. The number of carbonyl (C=O) groups excluding carboxylic acids is 1. The zero-order valence-electron chi connectivity index (χ0n) is 10.6. The lowest BCUT2D eigenvalue weighted by Gasteiger charge is -2.34. The Kier molecular flexibility index (Phi) is 3.13. The van der Waals surface area contributed by atoms with Crippen LogP contribution >= 0.6 is 0 Å². The van der Waals surface area contributed by atoms with Crippen molar-refractivity contribution >= 4 is 5.78 Å². The summed E-state index contributed by atoms with van der Waals surface area (Å²) in [6, 6.07) is 0. The molecule has 0 aromatic heterocycles. The van der Waals surface area contributed by atoms with Crippen molar-refractivity contribution in [1.29, 1.82) is 0 Å². The second-order valence-electron chi connectivity index (χ2n) is 6.30. The molecule has 0 aromatic carbocycles. The molecule has 92 valence electrons. The van der Waals surface area contributed by atoms with Gasteiger partial charge in [0.25, 0.3) is 0 Å². The van der Waals surface area contributed by atoms with E-state index < -0.39 is 0 Å². The molecule has 1 unspecified atom stereocenters. The van der Waals surface area contributed by atoms with Gasteiger partial charge in [0.15, 0.2) is 5.78 Å². The van der Waals surface area contributed by atoms with Gasteiger partial charge in [0.05, 0.1) is 0 Å². The van der Waals surface area contributed by atoms with E-state index in [1.54, 1.807) is 0 Å². The van der Waals surface area contributed by atoms with Crippen molar-refractivity contribution in [2.45, 2.75) is 61.3 Å². The van der Waals surface area contributed by atoms with Crippen molar-refractivity contribution in [1.82, 2.24) is 0 Å². The van der Waals surface area contributed by atoms with Gasteiger partial charge >= 0.3 is 0 Å². The molecular weight excluding hydrogens is 196 g/mol. The highest BCUT2D eigenvalue weighted by atomic mass is 16.1. The summed E-state index contributed by atoms with van der Waals surface area (Å²) in [5.41, 5.74) is 2.92. The molecule has 0 saturated carbocycles. The van der Waals surface area contributed by atoms with Crippen LogP contribution in [0.4, 0.5) is 0 Å². The van der Waals surface area contributed by atoms with Crippen molar-refractivity contribution in [3.63, 3.8) is 0 Å². The highest BCUT2D eigenvalue weighted by molar-refractivity contribution is 5.99. The predicted molar refractivity (Wildman–Crippen MR) is 69.3 cm³/mol. The molecule has 1 heteroatoms. The Bertz CT molecular complexity index is 344. The molecule has 2 aliphatic carbocycles. The summed E-state index contributed by atoms with van der Waals surface area (Å²) in [6.45, 7) is 11.4. The van der Waals surface area contributed by atoms with Gasteiger partial charge in [-0.25, -0.2) is 0 Å². The second-order valence-corrected chi connectivity index (χ2v) is 6.30. The Hall–Kier alpha value is -0.590. The Balaban J connectivity index is 0.00000128. The van der Waals surface area contributed by atoms with Crippen LogP contribution in [0.2, 0.25) is 0 Å². The van der Waals surface area contributed by atoms with Gasteiger partial charge in [-0.2, -0.15) is 0 Å². The molecule has 0 N–H and O–H groups in total. The van der Waals surface area contributed by atoms with E-state index in [1.165, 1.54) is 11.1 Å². The van der Waals surface area contributed by atoms with E-state index >= 15 is 0 Å². The lowest BCUT2D eigenvalue weighted by molar-refractivity contribution is -0.117. The van der Waals surface area contributed by atoms with Gasteiger partial charge in [0.1, 0.15) is 0 Å². The molecule has 0 saturated heterocycles. The average molecular weight is 222 g/mol. The van der Waals surface area contributed by atoms with Crippen LogP contribution in [0.3, 0.4) is 0 Å². The van der Waals surface area contributed by atoms with Crippen molar-refractivity contribution in [2.24, 2.45) is 16.7 Å². The molecule has 0 aromatic rings. The van der Waals surface area contributed by atoms with Crippen molar-refractivity contribution < 1.29 is 4.79 Å². The van der Waals surface area contributed by atoms with Crippen LogP contribution in [0.15, 0.2) is 11.1 Å². The van der Waals surface area contributed by atoms with Crippen molar-refractivity contribution in [3.05, 3.63) is 11.1 Å². The predicted octanol–water partition coefficient (Wildman–Crippen LogP) is 4.37. The summed E-state index contributed by atoms with van der Waals surface area (Å²) in [4.78, 5) is 12.1. The summed E-state index contributed by atoms with van der Waals surface area (Å²) >= 11 is 0. The van der Waals surface area contributed by atoms with Crippen LogP contribution in [0.1, 0.15) is 61.3 Å². The summed E-state index contributed by atoms with van der Waals surface area (Å²) in [5, 5.41) is 0. The Labute approximate surface area is 100 Å². The smallest absolute Gasteiger partial charge is 0.159 e. The van der Waals surface area contributed by atoms with E-state index in [-0.39, 0.29) is 18.3 Å². The van der Waals surface area contributed by atoms with Gasteiger partial charge in [0.2, 0.25) is 0 Å². The van der Waals surface area contributed by atoms with E-state index in [4.69, 9.17) is 0 Å². The molecule has 0 amide bonds. The molecule has 0 bridgehead atoms.